The van der Waals surface area contributed by atoms with Crippen molar-refractivity contribution in [3.05, 3.63) is 44.8 Å². The van der Waals surface area contributed by atoms with Gasteiger partial charge in [0.1, 0.15) is 6.10 Å². The lowest BCUT2D eigenvalue weighted by Gasteiger charge is -2.28. The highest BCUT2D eigenvalue weighted by Crippen LogP contribution is 2.53. The second-order valence-electron chi connectivity index (χ2n) is 7.53. The van der Waals surface area contributed by atoms with E-state index < -0.39 is 37.0 Å². The SMILES string of the molecule is Cc1cn([C@H]2C=C[C@@H](COP(=O)(OC(C)C)OC(C)(C)C)O2)c(=O)[nH]c1=O. The molecule has 0 bridgehead atoms. The van der Waals surface area contributed by atoms with Crippen molar-refractivity contribution in [3.8, 4) is 0 Å². The van der Waals surface area contributed by atoms with Gasteiger partial charge in [-0.1, -0.05) is 6.08 Å². The van der Waals surface area contributed by atoms with E-state index in [1.54, 1.807) is 53.7 Å². The molecule has 1 unspecified atom stereocenters. The molecule has 0 spiro atoms. The first-order valence-corrected chi connectivity index (χ1v) is 10.1. The van der Waals surface area contributed by atoms with E-state index in [9.17, 15) is 14.2 Å². The standard InChI is InChI=1S/C17H27N2O7P/c1-11(2)25-27(22,26-17(4,5)6)23-10-13-7-8-14(24-13)19-9-12(3)15(20)18-16(19)21/h7-9,11,13-14H,10H2,1-6H3,(H,18,20,21)/t13-,14+,27?/m0/s1. The van der Waals surface area contributed by atoms with Gasteiger partial charge in [-0.3, -0.25) is 27.9 Å². The largest absolute Gasteiger partial charge is 0.475 e. The van der Waals surface area contributed by atoms with Gasteiger partial charge in [0.2, 0.25) is 0 Å². The monoisotopic (exact) mass is 402 g/mol. The topological polar surface area (TPSA) is 109 Å². The Balaban J connectivity index is 2.04. The number of hydrogen-bond donors (Lipinski definition) is 1. The minimum absolute atomic E-state index is 0.0792. The molecule has 3 atom stereocenters. The molecule has 1 aromatic heterocycles. The van der Waals surface area contributed by atoms with E-state index in [1.807, 2.05) is 0 Å². The first-order valence-electron chi connectivity index (χ1n) is 8.68. The summed E-state index contributed by atoms with van der Waals surface area (Å²) >= 11 is 0. The number of H-pyrrole nitrogens is 1. The Hall–Kier alpha value is -1.51. The lowest BCUT2D eigenvalue weighted by atomic mass is 10.2. The van der Waals surface area contributed by atoms with Gasteiger partial charge in [-0.15, -0.1) is 0 Å². The number of phosphoric ester groups is 1. The molecule has 0 saturated carbocycles. The van der Waals surface area contributed by atoms with Crippen LogP contribution in [0.15, 0.2) is 27.9 Å². The van der Waals surface area contributed by atoms with Crippen LogP contribution in [0.2, 0.25) is 0 Å². The van der Waals surface area contributed by atoms with Crippen molar-refractivity contribution in [3.63, 3.8) is 0 Å². The van der Waals surface area contributed by atoms with Crippen molar-refractivity contribution in [1.29, 1.82) is 0 Å². The fourth-order valence-electron chi connectivity index (χ4n) is 2.35. The van der Waals surface area contributed by atoms with Crippen LogP contribution in [-0.2, 0) is 22.9 Å². The maximum Gasteiger partial charge on any atom is 0.475 e. The van der Waals surface area contributed by atoms with Gasteiger partial charge in [-0.05, 0) is 47.6 Å². The lowest BCUT2D eigenvalue weighted by molar-refractivity contribution is -0.0257. The van der Waals surface area contributed by atoms with E-state index in [2.05, 4.69) is 4.98 Å². The molecule has 0 fully saturated rings. The van der Waals surface area contributed by atoms with Gasteiger partial charge in [0.05, 0.1) is 18.3 Å². The maximum absolute atomic E-state index is 12.8. The summed E-state index contributed by atoms with van der Waals surface area (Å²) in [5, 5.41) is 0. The van der Waals surface area contributed by atoms with E-state index in [4.69, 9.17) is 18.3 Å². The van der Waals surface area contributed by atoms with E-state index >= 15 is 0 Å². The Morgan fingerprint density at radius 1 is 1.30 bits per heavy atom. The van der Waals surface area contributed by atoms with Crippen molar-refractivity contribution in [2.45, 2.75) is 65.6 Å². The molecule has 0 saturated heterocycles. The number of aromatic nitrogens is 2. The first-order chi connectivity index (χ1) is 12.4. The number of hydrogen-bond acceptors (Lipinski definition) is 7. The third-order valence-corrected chi connectivity index (χ3v) is 5.26. The summed E-state index contributed by atoms with van der Waals surface area (Å²) in [5.41, 5.74) is -1.35. The summed E-state index contributed by atoms with van der Waals surface area (Å²) in [6, 6.07) is 0. The Bertz CT molecular complexity index is 850. The van der Waals surface area contributed by atoms with Gasteiger partial charge in [-0.25, -0.2) is 9.36 Å². The van der Waals surface area contributed by atoms with Crippen LogP contribution in [0.1, 0.15) is 46.4 Å². The van der Waals surface area contributed by atoms with Crippen LogP contribution in [0.4, 0.5) is 0 Å². The van der Waals surface area contributed by atoms with Crippen LogP contribution < -0.4 is 11.2 Å². The normalized spacial score (nSPS) is 22.3. The minimum atomic E-state index is -3.79. The number of ether oxygens (including phenoxy) is 1. The number of phosphoric acid groups is 1. The van der Waals surface area contributed by atoms with Gasteiger partial charge >= 0.3 is 13.5 Å². The second-order valence-corrected chi connectivity index (χ2v) is 9.08. The number of rotatable bonds is 7. The van der Waals surface area contributed by atoms with Crippen LogP contribution in [0, 0.1) is 6.92 Å². The highest BCUT2D eigenvalue weighted by atomic mass is 31.2. The van der Waals surface area contributed by atoms with Gasteiger partial charge < -0.3 is 4.74 Å². The molecule has 27 heavy (non-hydrogen) atoms. The highest BCUT2D eigenvalue weighted by molar-refractivity contribution is 7.48. The molecule has 1 aromatic rings. The first kappa shape index (κ1) is 21.8. The third-order valence-electron chi connectivity index (χ3n) is 3.35. The Morgan fingerprint density at radius 2 is 1.96 bits per heavy atom. The van der Waals surface area contributed by atoms with Crippen LogP contribution in [0.3, 0.4) is 0 Å². The van der Waals surface area contributed by atoms with Crippen molar-refractivity contribution in [1.82, 2.24) is 9.55 Å². The summed E-state index contributed by atoms with van der Waals surface area (Å²) in [4.78, 5) is 25.7. The average Bonchev–Trinajstić information content (AvgIpc) is 2.95. The fourth-order valence-corrected chi connectivity index (χ4v) is 4.03. The minimum Gasteiger partial charge on any atom is -0.344 e. The van der Waals surface area contributed by atoms with Crippen LogP contribution in [-0.4, -0.2) is 34.0 Å². The van der Waals surface area contributed by atoms with E-state index in [-0.39, 0.29) is 12.7 Å². The lowest BCUT2D eigenvalue weighted by Crippen LogP contribution is -2.33. The summed E-state index contributed by atoms with van der Waals surface area (Å²) in [7, 11) is -3.79. The van der Waals surface area contributed by atoms with Crippen molar-refractivity contribution in [2.24, 2.45) is 0 Å². The molecule has 0 aromatic carbocycles. The molecule has 10 heteroatoms. The molecular formula is C17H27N2O7P. The summed E-state index contributed by atoms with van der Waals surface area (Å²) in [5.74, 6) is 0. The zero-order valence-corrected chi connectivity index (χ0v) is 17.3. The van der Waals surface area contributed by atoms with Gasteiger partial charge in [0, 0.05) is 11.8 Å². The molecule has 0 aliphatic carbocycles. The zero-order chi connectivity index (χ0) is 20.4. The predicted octanol–water partition coefficient (Wildman–Crippen LogP) is 2.66. The molecule has 1 aliphatic rings. The molecule has 152 valence electrons. The van der Waals surface area contributed by atoms with E-state index in [0.29, 0.717) is 5.56 Å². The second kappa shape index (κ2) is 8.24. The molecule has 0 radical (unpaired) electrons. The van der Waals surface area contributed by atoms with Crippen LogP contribution >= 0.6 is 7.82 Å². The van der Waals surface area contributed by atoms with Crippen LogP contribution in [0.5, 0.6) is 0 Å². The van der Waals surface area contributed by atoms with Crippen molar-refractivity contribution >= 4 is 7.82 Å². The fraction of sp³-hybridized carbons (Fsp3) is 0.647. The highest BCUT2D eigenvalue weighted by Gasteiger charge is 2.35. The molecule has 0 amide bonds. The molecular weight excluding hydrogens is 375 g/mol. The predicted molar refractivity (Wildman–Crippen MR) is 99.7 cm³/mol. The maximum atomic E-state index is 12.8. The number of aryl methyl sites for hydroxylation is 1. The number of aromatic amines is 1. The van der Waals surface area contributed by atoms with Crippen LogP contribution in [0.25, 0.3) is 0 Å². The Morgan fingerprint density at radius 3 is 2.56 bits per heavy atom. The molecule has 9 nitrogen and oxygen atoms in total. The van der Waals surface area contributed by atoms with Gasteiger partial charge in [0.25, 0.3) is 5.56 Å². The van der Waals surface area contributed by atoms with Gasteiger partial charge in [0.15, 0.2) is 6.23 Å². The van der Waals surface area contributed by atoms with Crippen molar-refractivity contribution < 1.29 is 22.9 Å². The summed E-state index contributed by atoms with van der Waals surface area (Å²) in [6.45, 7) is 10.2. The summed E-state index contributed by atoms with van der Waals surface area (Å²) < 4.78 is 36.1. The van der Waals surface area contributed by atoms with Crippen molar-refractivity contribution in [2.75, 3.05) is 6.61 Å². The molecule has 2 heterocycles. The molecule has 1 aliphatic heterocycles. The Kier molecular flexibility index (Phi) is 6.65. The quantitative estimate of drug-likeness (QED) is 0.552. The number of nitrogens with one attached hydrogen (secondary N) is 1. The van der Waals surface area contributed by atoms with Gasteiger partial charge in [-0.2, -0.15) is 0 Å². The molecule has 1 N–H and O–H groups in total. The smallest absolute Gasteiger partial charge is 0.344 e. The summed E-state index contributed by atoms with van der Waals surface area (Å²) in [6.07, 6.45) is 3.17. The zero-order valence-electron chi connectivity index (χ0n) is 16.4. The molecule has 2 rings (SSSR count). The van der Waals surface area contributed by atoms with E-state index in [0.717, 1.165) is 0 Å². The Labute approximate surface area is 157 Å². The third kappa shape index (κ3) is 6.26. The number of nitrogens with zero attached hydrogens (tertiary/aromatic N) is 1. The van der Waals surface area contributed by atoms with E-state index in [1.165, 1.54) is 10.8 Å². The average molecular weight is 402 g/mol.